The summed E-state index contributed by atoms with van der Waals surface area (Å²) in [6, 6.07) is 0. The maximum Gasteiger partial charge on any atom is 0.248 e. The first-order valence-electron chi connectivity index (χ1n) is 5.69. The molecule has 0 spiro atoms. The summed E-state index contributed by atoms with van der Waals surface area (Å²) in [6.07, 6.45) is 3.52. The molecule has 0 bridgehead atoms. The SMILES string of the molecule is CC(C)(C)C1CCCC(F)(F)CCC1. The minimum absolute atomic E-state index is 0.0968. The Labute approximate surface area is 86.1 Å². The van der Waals surface area contributed by atoms with Crippen molar-refractivity contribution in [3.63, 3.8) is 0 Å². The lowest BCUT2D eigenvalue weighted by molar-refractivity contribution is -0.0313. The molecule has 0 N–H and O–H groups in total. The first-order valence-corrected chi connectivity index (χ1v) is 5.69. The lowest BCUT2D eigenvalue weighted by atomic mass is 9.73. The topological polar surface area (TPSA) is 0 Å². The third-order valence-electron chi connectivity index (χ3n) is 3.41. The molecule has 0 aromatic heterocycles. The van der Waals surface area contributed by atoms with Gasteiger partial charge in [0.15, 0.2) is 0 Å². The molecule has 2 heteroatoms. The molecule has 1 aliphatic carbocycles. The van der Waals surface area contributed by atoms with Gasteiger partial charge in [0.1, 0.15) is 0 Å². The van der Waals surface area contributed by atoms with Crippen LogP contribution in [0.3, 0.4) is 0 Å². The van der Waals surface area contributed by atoms with Gasteiger partial charge in [0.05, 0.1) is 0 Å². The van der Waals surface area contributed by atoms with Crippen molar-refractivity contribution in [1.29, 1.82) is 0 Å². The summed E-state index contributed by atoms with van der Waals surface area (Å²) in [7, 11) is 0. The van der Waals surface area contributed by atoms with Crippen LogP contribution < -0.4 is 0 Å². The summed E-state index contributed by atoms with van der Waals surface area (Å²) < 4.78 is 26.1. The van der Waals surface area contributed by atoms with Crippen LogP contribution in [0.2, 0.25) is 0 Å². The van der Waals surface area contributed by atoms with Gasteiger partial charge in [-0.1, -0.05) is 20.8 Å². The van der Waals surface area contributed by atoms with Crippen LogP contribution in [0.4, 0.5) is 8.78 Å². The lowest BCUT2D eigenvalue weighted by Gasteiger charge is -2.33. The highest BCUT2D eigenvalue weighted by Crippen LogP contribution is 2.39. The van der Waals surface area contributed by atoms with Crippen molar-refractivity contribution >= 4 is 0 Å². The van der Waals surface area contributed by atoms with E-state index in [0.29, 0.717) is 18.8 Å². The molecule has 1 fully saturated rings. The van der Waals surface area contributed by atoms with E-state index in [1.54, 1.807) is 0 Å². The Morgan fingerprint density at radius 3 is 1.79 bits per heavy atom. The van der Waals surface area contributed by atoms with Crippen LogP contribution in [-0.2, 0) is 0 Å². The van der Waals surface area contributed by atoms with Gasteiger partial charge < -0.3 is 0 Å². The molecule has 1 aliphatic rings. The molecule has 0 amide bonds. The van der Waals surface area contributed by atoms with Gasteiger partial charge in [-0.3, -0.25) is 0 Å². The Bertz CT molecular complexity index is 167. The fourth-order valence-electron chi connectivity index (χ4n) is 2.35. The Hall–Kier alpha value is -0.140. The molecular formula is C12H22F2. The second kappa shape index (κ2) is 4.16. The highest BCUT2D eigenvalue weighted by atomic mass is 19.3. The van der Waals surface area contributed by atoms with E-state index in [9.17, 15) is 8.78 Å². The first kappa shape index (κ1) is 11.9. The van der Waals surface area contributed by atoms with E-state index in [1.165, 1.54) is 0 Å². The van der Waals surface area contributed by atoms with Crippen LogP contribution >= 0.6 is 0 Å². The number of hydrogen-bond acceptors (Lipinski definition) is 0. The quantitative estimate of drug-likeness (QED) is 0.539. The zero-order valence-electron chi connectivity index (χ0n) is 9.58. The van der Waals surface area contributed by atoms with Gasteiger partial charge in [0.2, 0.25) is 5.92 Å². The van der Waals surface area contributed by atoms with Crippen molar-refractivity contribution < 1.29 is 8.78 Å². The lowest BCUT2D eigenvalue weighted by Crippen LogP contribution is -2.25. The summed E-state index contributed by atoms with van der Waals surface area (Å²) >= 11 is 0. The number of hydrogen-bond donors (Lipinski definition) is 0. The highest BCUT2D eigenvalue weighted by Gasteiger charge is 2.33. The van der Waals surface area contributed by atoms with E-state index in [0.717, 1.165) is 12.8 Å². The molecule has 14 heavy (non-hydrogen) atoms. The summed E-state index contributed by atoms with van der Waals surface area (Å²) in [5, 5.41) is 0. The van der Waals surface area contributed by atoms with E-state index < -0.39 is 5.92 Å². The van der Waals surface area contributed by atoms with Gasteiger partial charge in [-0.05, 0) is 37.0 Å². The van der Waals surface area contributed by atoms with Crippen molar-refractivity contribution in [3.8, 4) is 0 Å². The van der Waals surface area contributed by atoms with Crippen molar-refractivity contribution in [2.45, 2.75) is 65.2 Å². The summed E-state index contributed by atoms with van der Waals surface area (Å²) in [5.41, 5.74) is 0.284. The Morgan fingerprint density at radius 2 is 1.43 bits per heavy atom. The standard InChI is InChI=1S/C12H22F2/c1-11(2,3)10-6-4-8-12(13,14)9-5-7-10/h10H,4-9H2,1-3H3. The molecule has 84 valence electrons. The van der Waals surface area contributed by atoms with Crippen molar-refractivity contribution in [2.24, 2.45) is 11.3 Å². The largest absolute Gasteiger partial charge is 0.248 e. The number of halogens is 2. The third kappa shape index (κ3) is 3.55. The van der Waals surface area contributed by atoms with E-state index >= 15 is 0 Å². The monoisotopic (exact) mass is 204 g/mol. The second-order valence-electron chi connectivity index (χ2n) is 5.70. The summed E-state index contributed by atoms with van der Waals surface area (Å²) in [6.45, 7) is 6.66. The number of alkyl halides is 2. The zero-order chi connectivity index (χ0) is 10.8. The van der Waals surface area contributed by atoms with Crippen molar-refractivity contribution in [2.75, 3.05) is 0 Å². The van der Waals surface area contributed by atoms with Gasteiger partial charge >= 0.3 is 0 Å². The molecule has 1 saturated carbocycles. The van der Waals surface area contributed by atoms with E-state index in [1.807, 2.05) is 0 Å². The maximum absolute atomic E-state index is 13.1. The third-order valence-corrected chi connectivity index (χ3v) is 3.41. The summed E-state index contributed by atoms with van der Waals surface area (Å²) in [4.78, 5) is 0. The average Bonchev–Trinajstić information content (AvgIpc) is 1.95. The fraction of sp³-hybridized carbons (Fsp3) is 1.00. The van der Waals surface area contributed by atoms with Crippen LogP contribution in [0.15, 0.2) is 0 Å². The van der Waals surface area contributed by atoms with Crippen LogP contribution in [0, 0.1) is 11.3 Å². The minimum atomic E-state index is -2.39. The molecule has 0 nitrogen and oxygen atoms in total. The minimum Gasteiger partial charge on any atom is -0.207 e. The maximum atomic E-state index is 13.1. The highest BCUT2D eigenvalue weighted by molar-refractivity contribution is 4.79. The molecule has 0 atom stereocenters. The average molecular weight is 204 g/mol. The van der Waals surface area contributed by atoms with Gasteiger partial charge in [0, 0.05) is 12.8 Å². The Morgan fingerprint density at radius 1 is 1.00 bits per heavy atom. The van der Waals surface area contributed by atoms with Crippen LogP contribution in [-0.4, -0.2) is 5.92 Å². The van der Waals surface area contributed by atoms with Crippen molar-refractivity contribution in [3.05, 3.63) is 0 Å². The first-order chi connectivity index (χ1) is 6.31. The molecular weight excluding hydrogens is 182 g/mol. The molecule has 0 unspecified atom stereocenters. The second-order valence-corrected chi connectivity index (χ2v) is 5.70. The summed E-state index contributed by atoms with van der Waals surface area (Å²) in [5.74, 6) is -1.76. The normalized spacial score (nSPS) is 25.5. The zero-order valence-corrected chi connectivity index (χ0v) is 9.58. The van der Waals surface area contributed by atoms with Gasteiger partial charge in [-0.15, -0.1) is 0 Å². The predicted molar refractivity (Wildman–Crippen MR) is 55.6 cm³/mol. The Balaban J connectivity index is 2.49. The smallest absolute Gasteiger partial charge is 0.207 e. The molecule has 0 aromatic carbocycles. The molecule has 0 aliphatic heterocycles. The van der Waals surface area contributed by atoms with Gasteiger partial charge in [-0.25, -0.2) is 8.78 Å². The van der Waals surface area contributed by atoms with Gasteiger partial charge in [-0.2, -0.15) is 0 Å². The molecule has 0 aromatic rings. The predicted octanol–water partition coefficient (Wildman–Crippen LogP) is 4.64. The Kier molecular flexibility index (Phi) is 3.54. The van der Waals surface area contributed by atoms with Crippen LogP contribution in [0.1, 0.15) is 59.3 Å². The fourth-order valence-corrected chi connectivity index (χ4v) is 2.35. The molecule has 1 rings (SSSR count). The molecule has 0 saturated heterocycles. The van der Waals surface area contributed by atoms with E-state index in [-0.39, 0.29) is 18.3 Å². The van der Waals surface area contributed by atoms with Crippen LogP contribution in [0.5, 0.6) is 0 Å². The number of rotatable bonds is 0. The molecule has 0 radical (unpaired) electrons. The van der Waals surface area contributed by atoms with E-state index in [2.05, 4.69) is 20.8 Å². The van der Waals surface area contributed by atoms with E-state index in [4.69, 9.17) is 0 Å². The molecule has 0 heterocycles. The van der Waals surface area contributed by atoms with Gasteiger partial charge in [0.25, 0.3) is 0 Å². The van der Waals surface area contributed by atoms with Crippen LogP contribution in [0.25, 0.3) is 0 Å². The van der Waals surface area contributed by atoms with Crippen molar-refractivity contribution in [1.82, 2.24) is 0 Å².